The first-order valence-corrected chi connectivity index (χ1v) is 10.7. The van der Waals surface area contributed by atoms with E-state index in [1.54, 1.807) is 0 Å². The Hall–Kier alpha value is -1.97. The Morgan fingerprint density at radius 2 is 1.94 bits per heavy atom. The van der Waals surface area contributed by atoms with E-state index in [9.17, 15) is 27.9 Å². The Bertz CT molecular complexity index is 825. The average Bonchev–Trinajstić information content (AvgIpc) is 2.72. The van der Waals surface area contributed by atoms with Crippen molar-refractivity contribution in [2.24, 2.45) is 11.8 Å². The van der Waals surface area contributed by atoms with E-state index < -0.39 is 46.7 Å². The third-order valence-electron chi connectivity index (χ3n) is 6.67. The van der Waals surface area contributed by atoms with Gasteiger partial charge in [0.1, 0.15) is 6.10 Å². The van der Waals surface area contributed by atoms with Gasteiger partial charge in [0.25, 0.3) is 5.60 Å². The van der Waals surface area contributed by atoms with Crippen molar-refractivity contribution >= 4 is 11.8 Å². The minimum atomic E-state index is -5.15. The summed E-state index contributed by atoms with van der Waals surface area (Å²) in [6.07, 6.45) is -4.49. The van der Waals surface area contributed by atoms with Gasteiger partial charge in [-0.1, -0.05) is 43.7 Å². The number of alkyl halides is 3. The number of halogens is 3. The van der Waals surface area contributed by atoms with Crippen LogP contribution in [0.3, 0.4) is 0 Å². The van der Waals surface area contributed by atoms with E-state index in [4.69, 9.17) is 14.2 Å². The maximum absolute atomic E-state index is 14.2. The van der Waals surface area contributed by atoms with Crippen LogP contribution in [0.2, 0.25) is 0 Å². The first kappa shape index (κ1) is 24.7. The number of methoxy groups -OCH3 is 1. The fraction of sp³-hybridized carbons (Fsp3) is 0.652. The number of esters is 1. The van der Waals surface area contributed by atoms with E-state index in [2.05, 4.69) is 0 Å². The summed E-state index contributed by atoms with van der Waals surface area (Å²) in [7, 11) is 0.772. The minimum Gasteiger partial charge on any atom is -0.456 e. The second-order valence-corrected chi connectivity index (χ2v) is 8.75. The number of ether oxygens (including phenoxy) is 3. The fourth-order valence-corrected chi connectivity index (χ4v) is 4.86. The molecule has 1 heterocycles. The number of ketones is 1. The maximum Gasteiger partial charge on any atom is 0.432 e. The van der Waals surface area contributed by atoms with Crippen LogP contribution in [-0.4, -0.2) is 54.6 Å². The zero-order chi connectivity index (χ0) is 23.7. The highest BCUT2D eigenvalue weighted by Crippen LogP contribution is 2.46. The molecule has 1 saturated heterocycles. The summed E-state index contributed by atoms with van der Waals surface area (Å²) in [6, 6.07) is 6.43. The van der Waals surface area contributed by atoms with E-state index in [0.29, 0.717) is 6.42 Å². The molecule has 178 valence electrons. The number of hydrogen-bond acceptors (Lipinski definition) is 6. The fourth-order valence-electron chi connectivity index (χ4n) is 4.86. The quantitative estimate of drug-likeness (QED) is 0.657. The summed E-state index contributed by atoms with van der Waals surface area (Å²) in [5, 5.41) is 10.9. The van der Waals surface area contributed by atoms with Crippen molar-refractivity contribution in [3.8, 4) is 0 Å². The van der Waals surface area contributed by atoms with E-state index >= 15 is 0 Å². The molecule has 6 nitrogen and oxygen atoms in total. The predicted molar refractivity (Wildman–Crippen MR) is 108 cm³/mol. The lowest BCUT2D eigenvalue weighted by Crippen LogP contribution is -2.63. The van der Waals surface area contributed by atoms with Gasteiger partial charge in [0, 0.05) is 25.0 Å². The molecule has 1 aliphatic heterocycles. The van der Waals surface area contributed by atoms with Crippen LogP contribution < -0.4 is 0 Å². The van der Waals surface area contributed by atoms with Gasteiger partial charge >= 0.3 is 12.1 Å². The van der Waals surface area contributed by atoms with Crippen LogP contribution in [-0.2, 0) is 29.4 Å². The summed E-state index contributed by atoms with van der Waals surface area (Å²) < 4.78 is 58.6. The highest BCUT2D eigenvalue weighted by Gasteiger charge is 2.66. The standard InChI is InChI=1S/C23H29F3O6/c1-4-8-16-11-14-12-18(27)21(2,29)19(17(14)13-31-16)32-20(28)22(30-3,23(24,25)26)15-9-6-5-7-10-15/h5-7,9-10,14,16-17,19,29H,4,8,11-13H2,1-3H3/t14-,16-,17-,19+,21+,22-/m1/s1. The minimum absolute atomic E-state index is 0.0582. The van der Waals surface area contributed by atoms with Crippen molar-refractivity contribution in [2.75, 3.05) is 13.7 Å². The molecule has 1 aliphatic carbocycles. The first-order chi connectivity index (χ1) is 15.0. The number of rotatable bonds is 6. The molecule has 0 spiro atoms. The SMILES string of the molecule is CCC[C@@H]1C[C@@H]2CC(=O)[C@](C)(O)[C@@H](OC(=O)[C@](OC)(c3ccccc3)C(F)(F)F)[C@@H]2CO1. The molecule has 3 rings (SSSR count). The van der Waals surface area contributed by atoms with E-state index in [-0.39, 0.29) is 25.0 Å². The van der Waals surface area contributed by atoms with Crippen molar-refractivity contribution in [3.05, 3.63) is 35.9 Å². The number of carbonyl (C=O) groups excluding carboxylic acids is 2. The predicted octanol–water partition coefficient (Wildman–Crippen LogP) is 3.55. The molecule has 1 aromatic carbocycles. The van der Waals surface area contributed by atoms with Crippen LogP contribution in [0.4, 0.5) is 13.2 Å². The number of aliphatic hydroxyl groups is 1. The topological polar surface area (TPSA) is 82.1 Å². The largest absolute Gasteiger partial charge is 0.456 e. The van der Waals surface area contributed by atoms with Gasteiger partial charge in [-0.15, -0.1) is 0 Å². The molecule has 2 fully saturated rings. The Morgan fingerprint density at radius 3 is 2.50 bits per heavy atom. The van der Waals surface area contributed by atoms with Crippen molar-refractivity contribution in [2.45, 2.75) is 69.1 Å². The van der Waals surface area contributed by atoms with Crippen LogP contribution in [0.1, 0.15) is 45.1 Å². The zero-order valence-electron chi connectivity index (χ0n) is 18.4. The van der Waals surface area contributed by atoms with Crippen molar-refractivity contribution in [1.29, 1.82) is 0 Å². The van der Waals surface area contributed by atoms with Gasteiger partial charge in [0.2, 0.25) is 0 Å². The summed E-state index contributed by atoms with van der Waals surface area (Å²) in [4.78, 5) is 25.8. The van der Waals surface area contributed by atoms with Crippen LogP contribution in [0.25, 0.3) is 0 Å². The van der Waals surface area contributed by atoms with Crippen LogP contribution in [0.15, 0.2) is 30.3 Å². The van der Waals surface area contributed by atoms with Gasteiger partial charge in [-0.25, -0.2) is 4.79 Å². The van der Waals surface area contributed by atoms with Gasteiger partial charge in [0.15, 0.2) is 11.4 Å². The normalized spacial score (nSPS) is 32.7. The van der Waals surface area contributed by atoms with Gasteiger partial charge in [-0.3, -0.25) is 4.79 Å². The van der Waals surface area contributed by atoms with Gasteiger partial charge in [-0.2, -0.15) is 13.2 Å². The molecule has 0 radical (unpaired) electrons. The Morgan fingerprint density at radius 1 is 1.28 bits per heavy atom. The zero-order valence-corrected chi connectivity index (χ0v) is 18.4. The summed E-state index contributed by atoms with van der Waals surface area (Å²) in [5.74, 6) is -3.17. The van der Waals surface area contributed by atoms with E-state index in [1.807, 2.05) is 6.92 Å². The van der Waals surface area contributed by atoms with Crippen molar-refractivity contribution < 1.29 is 42.1 Å². The molecule has 1 N–H and O–H groups in total. The molecule has 1 aromatic rings. The second kappa shape index (κ2) is 9.11. The maximum atomic E-state index is 14.2. The average molecular weight is 458 g/mol. The summed E-state index contributed by atoms with van der Waals surface area (Å²) in [6.45, 7) is 3.25. The third kappa shape index (κ3) is 4.18. The lowest BCUT2D eigenvalue weighted by Gasteiger charge is -2.48. The Kier molecular flexibility index (Phi) is 7.02. The molecule has 0 amide bonds. The molecule has 6 atom stereocenters. The molecule has 0 aromatic heterocycles. The van der Waals surface area contributed by atoms with Crippen LogP contribution in [0, 0.1) is 11.8 Å². The monoisotopic (exact) mass is 458 g/mol. The Labute approximate surface area is 185 Å². The highest BCUT2D eigenvalue weighted by atomic mass is 19.4. The van der Waals surface area contributed by atoms with Gasteiger partial charge in [0.05, 0.1) is 12.7 Å². The highest BCUT2D eigenvalue weighted by molar-refractivity contribution is 5.90. The van der Waals surface area contributed by atoms with E-state index in [1.165, 1.54) is 25.1 Å². The second-order valence-electron chi connectivity index (χ2n) is 8.75. The molecular formula is C23H29F3O6. The smallest absolute Gasteiger partial charge is 0.432 e. The summed E-state index contributed by atoms with van der Waals surface area (Å²) in [5.41, 5.74) is -6.00. The molecule has 32 heavy (non-hydrogen) atoms. The number of Topliss-reactive ketones (excluding diaryl/α,β-unsaturated/α-hetero) is 1. The molecule has 9 heteroatoms. The van der Waals surface area contributed by atoms with Crippen LogP contribution >= 0.6 is 0 Å². The van der Waals surface area contributed by atoms with E-state index in [0.717, 1.165) is 32.1 Å². The molecule has 1 saturated carbocycles. The molecular weight excluding hydrogens is 429 g/mol. The molecule has 0 unspecified atom stereocenters. The Balaban J connectivity index is 1.96. The lowest BCUT2D eigenvalue weighted by atomic mass is 9.66. The number of fused-ring (bicyclic) bond motifs is 1. The number of hydrogen-bond donors (Lipinski definition) is 1. The van der Waals surface area contributed by atoms with Crippen LogP contribution in [0.5, 0.6) is 0 Å². The van der Waals surface area contributed by atoms with Crippen molar-refractivity contribution in [3.63, 3.8) is 0 Å². The van der Waals surface area contributed by atoms with Crippen molar-refractivity contribution in [1.82, 2.24) is 0 Å². The third-order valence-corrected chi connectivity index (χ3v) is 6.67. The lowest BCUT2D eigenvalue weighted by molar-refractivity contribution is -0.284. The van der Waals surface area contributed by atoms with Gasteiger partial charge < -0.3 is 19.3 Å². The molecule has 2 aliphatic rings. The number of carbonyl (C=O) groups is 2. The number of benzene rings is 1. The summed E-state index contributed by atoms with van der Waals surface area (Å²) >= 11 is 0. The van der Waals surface area contributed by atoms with Gasteiger partial charge in [-0.05, 0) is 25.7 Å². The first-order valence-electron chi connectivity index (χ1n) is 10.7. The molecule has 0 bridgehead atoms.